The number of rotatable bonds is 2. The summed E-state index contributed by atoms with van der Waals surface area (Å²) < 4.78 is 50.3. The first-order valence-electron chi connectivity index (χ1n) is 9.42. The first-order valence-corrected chi connectivity index (χ1v) is 9.42. The molecule has 7 heteroatoms. The fraction of sp³-hybridized carbons (Fsp3) is 0.0833. The topological polar surface area (TPSA) is 52.2 Å². The maximum absolute atomic E-state index is 14.4. The van der Waals surface area contributed by atoms with Gasteiger partial charge in [0.1, 0.15) is 11.6 Å². The molecule has 2 aromatic heterocycles. The van der Waals surface area contributed by atoms with E-state index in [4.69, 9.17) is 4.42 Å². The molecule has 5 rings (SSSR count). The molecular formula is C24H14F3NO3. The fourth-order valence-electron chi connectivity index (χ4n) is 3.94. The van der Waals surface area contributed by atoms with E-state index in [0.29, 0.717) is 11.1 Å². The van der Waals surface area contributed by atoms with Gasteiger partial charge in [-0.15, -0.1) is 0 Å². The molecule has 154 valence electrons. The van der Waals surface area contributed by atoms with Crippen LogP contribution in [0.5, 0.6) is 0 Å². The van der Waals surface area contributed by atoms with Crippen molar-refractivity contribution in [1.82, 2.24) is 4.57 Å². The van der Waals surface area contributed by atoms with E-state index in [2.05, 4.69) is 0 Å². The van der Waals surface area contributed by atoms with Crippen molar-refractivity contribution in [3.63, 3.8) is 0 Å². The van der Waals surface area contributed by atoms with Gasteiger partial charge in [-0.2, -0.15) is 0 Å². The molecule has 0 radical (unpaired) electrons. The highest BCUT2D eigenvalue weighted by Crippen LogP contribution is 2.36. The Morgan fingerprint density at radius 1 is 0.903 bits per heavy atom. The Morgan fingerprint density at radius 3 is 2.19 bits per heavy atom. The van der Waals surface area contributed by atoms with E-state index in [1.54, 1.807) is 6.07 Å². The number of benzene rings is 2. The van der Waals surface area contributed by atoms with Crippen LogP contribution in [0.4, 0.5) is 13.2 Å². The first-order chi connectivity index (χ1) is 14.8. The number of carbonyl (C=O) groups excluding carboxylic acids is 2. The number of furan rings is 1. The number of Topliss-reactive ketones (excluding diaryl/α,β-unsaturated/α-hetero) is 2. The van der Waals surface area contributed by atoms with Gasteiger partial charge in [0.2, 0.25) is 11.6 Å². The third kappa shape index (κ3) is 2.63. The predicted octanol–water partition coefficient (Wildman–Crippen LogP) is 5.63. The highest BCUT2D eigenvalue weighted by atomic mass is 19.2. The number of allylic oxidation sites excluding steroid dienone is 1. The van der Waals surface area contributed by atoms with Gasteiger partial charge in [-0.05, 0) is 18.6 Å². The average Bonchev–Trinajstić information content (AvgIpc) is 3.38. The molecule has 2 aromatic carbocycles. The summed E-state index contributed by atoms with van der Waals surface area (Å²) in [5.74, 6) is -6.12. The number of halogens is 3. The Hall–Kier alpha value is -3.87. The second kappa shape index (κ2) is 6.57. The van der Waals surface area contributed by atoms with Crippen molar-refractivity contribution in [3.8, 4) is 11.3 Å². The summed E-state index contributed by atoms with van der Waals surface area (Å²) in [5.41, 5.74) is 0.383. The largest absolute Gasteiger partial charge is 0.455 e. The lowest BCUT2D eigenvalue weighted by Crippen LogP contribution is -2.06. The number of nitrogens with zero attached hydrogens (tertiary/aromatic N) is 1. The molecule has 0 N–H and O–H groups in total. The zero-order valence-electron chi connectivity index (χ0n) is 16.4. The Kier molecular flexibility index (Phi) is 4.05. The average molecular weight is 421 g/mol. The molecule has 0 atom stereocenters. The summed E-state index contributed by atoms with van der Waals surface area (Å²) in [5, 5.41) is 0. The van der Waals surface area contributed by atoms with Crippen molar-refractivity contribution >= 4 is 28.7 Å². The standard InChI is InChI=1S/C24H14F3NO3/c1-11-20(25)18-19(22(27)21(11)26)24(30)14(23(18)29)8-13-9-16-17(31-13)10-15(28(16)2)12-6-4-3-5-7-12/h3-10H,1-2H3/b14-8-. The summed E-state index contributed by atoms with van der Waals surface area (Å²) in [6, 6.07) is 13.1. The zero-order valence-corrected chi connectivity index (χ0v) is 16.4. The number of aromatic nitrogens is 1. The van der Waals surface area contributed by atoms with Crippen molar-refractivity contribution in [2.45, 2.75) is 6.92 Å². The molecule has 31 heavy (non-hydrogen) atoms. The second-order valence-electron chi connectivity index (χ2n) is 7.39. The molecule has 0 fully saturated rings. The van der Waals surface area contributed by atoms with E-state index >= 15 is 0 Å². The normalized spacial score (nSPS) is 14.8. The third-order valence-corrected chi connectivity index (χ3v) is 5.59. The summed E-state index contributed by atoms with van der Waals surface area (Å²) in [6.07, 6.45) is 1.14. The Balaban J connectivity index is 1.60. The van der Waals surface area contributed by atoms with Gasteiger partial charge in [-0.3, -0.25) is 9.59 Å². The molecular weight excluding hydrogens is 407 g/mol. The summed E-state index contributed by atoms with van der Waals surface area (Å²) >= 11 is 0. The highest BCUT2D eigenvalue weighted by Gasteiger charge is 2.41. The van der Waals surface area contributed by atoms with E-state index in [-0.39, 0.29) is 5.76 Å². The summed E-state index contributed by atoms with van der Waals surface area (Å²) in [4.78, 5) is 25.2. The van der Waals surface area contributed by atoms with Crippen LogP contribution in [0.15, 0.2) is 52.5 Å². The minimum Gasteiger partial charge on any atom is -0.455 e. The fourth-order valence-corrected chi connectivity index (χ4v) is 3.94. The highest BCUT2D eigenvalue weighted by molar-refractivity contribution is 6.41. The monoisotopic (exact) mass is 421 g/mol. The minimum absolute atomic E-state index is 0.169. The lowest BCUT2D eigenvalue weighted by atomic mass is 10.0. The van der Waals surface area contributed by atoms with Gasteiger partial charge in [-0.25, -0.2) is 13.2 Å². The van der Waals surface area contributed by atoms with Crippen molar-refractivity contribution in [2.24, 2.45) is 7.05 Å². The van der Waals surface area contributed by atoms with Gasteiger partial charge < -0.3 is 8.98 Å². The van der Waals surface area contributed by atoms with E-state index in [9.17, 15) is 22.8 Å². The van der Waals surface area contributed by atoms with Crippen molar-refractivity contribution in [2.75, 3.05) is 0 Å². The van der Waals surface area contributed by atoms with Crippen LogP contribution in [-0.4, -0.2) is 16.1 Å². The van der Waals surface area contributed by atoms with Crippen LogP contribution in [0.2, 0.25) is 0 Å². The molecule has 0 saturated heterocycles. The van der Waals surface area contributed by atoms with Gasteiger partial charge in [0.25, 0.3) is 0 Å². The van der Waals surface area contributed by atoms with Gasteiger partial charge in [-0.1, -0.05) is 30.3 Å². The van der Waals surface area contributed by atoms with Crippen LogP contribution in [0.3, 0.4) is 0 Å². The van der Waals surface area contributed by atoms with Crippen molar-refractivity contribution < 1.29 is 27.2 Å². The molecule has 0 amide bonds. The number of aryl methyl sites for hydroxylation is 1. The second-order valence-corrected chi connectivity index (χ2v) is 7.39. The van der Waals surface area contributed by atoms with Gasteiger partial charge in [0, 0.05) is 24.7 Å². The Labute approximate surface area is 174 Å². The minimum atomic E-state index is -1.52. The van der Waals surface area contributed by atoms with Gasteiger partial charge in [0.15, 0.2) is 17.2 Å². The molecule has 2 heterocycles. The predicted molar refractivity (Wildman–Crippen MR) is 108 cm³/mol. The number of hydrogen-bond acceptors (Lipinski definition) is 3. The van der Waals surface area contributed by atoms with Crippen molar-refractivity contribution in [1.29, 1.82) is 0 Å². The zero-order chi connectivity index (χ0) is 22.0. The SMILES string of the molecule is Cc1c(F)c(F)c2c(c1F)C(=O)/C(=C/c1cc3c(cc(-c4ccccc4)n3C)o1)C2=O. The molecule has 0 bridgehead atoms. The molecule has 0 unspecified atom stereocenters. The van der Waals surface area contributed by atoms with Crippen LogP contribution in [0.1, 0.15) is 32.0 Å². The molecule has 4 nitrogen and oxygen atoms in total. The molecule has 0 saturated carbocycles. The third-order valence-electron chi connectivity index (χ3n) is 5.59. The van der Waals surface area contributed by atoms with E-state index < -0.39 is 51.3 Å². The van der Waals surface area contributed by atoms with Crippen LogP contribution < -0.4 is 0 Å². The summed E-state index contributed by atoms with van der Waals surface area (Å²) in [7, 11) is 1.84. The van der Waals surface area contributed by atoms with Gasteiger partial charge in [0.05, 0.1) is 27.9 Å². The van der Waals surface area contributed by atoms with Crippen LogP contribution in [-0.2, 0) is 7.05 Å². The van der Waals surface area contributed by atoms with Crippen LogP contribution in [0.25, 0.3) is 28.4 Å². The number of hydrogen-bond donors (Lipinski definition) is 0. The maximum Gasteiger partial charge on any atom is 0.201 e. The van der Waals surface area contributed by atoms with Crippen molar-refractivity contribution in [3.05, 3.63) is 87.9 Å². The van der Waals surface area contributed by atoms with Crippen LogP contribution >= 0.6 is 0 Å². The number of ketones is 2. The van der Waals surface area contributed by atoms with E-state index in [0.717, 1.165) is 24.3 Å². The smallest absolute Gasteiger partial charge is 0.201 e. The Bertz CT molecular complexity index is 1410. The Morgan fingerprint density at radius 2 is 1.55 bits per heavy atom. The molecule has 1 aliphatic rings. The van der Waals surface area contributed by atoms with Crippen LogP contribution in [0, 0.1) is 24.4 Å². The molecule has 1 aliphatic carbocycles. The molecule has 0 aliphatic heterocycles. The number of fused-ring (bicyclic) bond motifs is 2. The summed E-state index contributed by atoms with van der Waals surface area (Å²) in [6.45, 7) is 1.01. The van der Waals surface area contributed by atoms with Gasteiger partial charge >= 0.3 is 0 Å². The number of carbonyl (C=O) groups is 2. The lowest BCUT2D eigenvalue weighted by Gasteiger charge is -2.05. The first kappa shape index (κ1) is 19.1. The maximum atomic E-state index is 14.4. The van der Waals surface area contributed by atoms with E-state index in [1.807, 2.05) is 48.0 Å². The van der Waals surface area contributed by atoms with E-state index in [1.165, 1.54) is 0 Å². The lowest BCUT2D eigenvalue weighted by molar-refractivity contribution is 0.0988. The quantitative estimate of drug-likeness (QED) is 0.240. The molecule has 0 spiro atoms. The molecule has 4 aromatic rings.